The van der Waals surface area contributed by atoms with Crippen molar-refractivity contribution in [3.05, 3.63) is 70.9 Å². The molecule has 1 fully saturated rings. The largest absolute Gasteiger partial charge is 0.490 e. The molecule has 1 aromatic carbocycles. The molecular weight excluding hydrogens is 452 g/mol. The van der Waals surface area contributed by atoms with Crippen LogP contribution in [0.15, 0.2) is 64.7 Å². The molecule has 0 amide bonds. The van der Waals surface area contributed by atoms with Gasteiger partial charge < -0.3 is 9.64 Å². The van der Waals surface area contributed by atoms with Gasteiger partial charge in [0.2, 0.25) is 5.95 Å². The molecule has 0 spiro atoms. The number of piperidine rings is 1. The molecular formula is C25H30N4O4S. The van der Waals surface area contributed by atoms with Gasteiger partial charge in [-0.3, -0.25) is 9.36 Å². The molecule has 8 nitrogen and oxygen atoms in total. The minimum absolute atomic E-state index is 0.00471. The lowest BCUT2D eigenvalue weighted by atomic mass is 10.0. The van der Waals surface area contributed by atoms with Gasteiger partial charge in [0, 0.05) is 62.0 Å². The Bertz CT molecular complexity index is 1290. The Morgan fingerprint density at radius 3 is 2.41 bits per heavy atom. The summed E-state index contributed by atoms with van der Waals surface area (Å²) in [6.07, 6.45) is 10.3. The molecule has 1 aliphatic heterocycles. The van der Waals surface area contributed by atoms with Gasteiger partial charge in [0.1, 0.15) is 11.9 Å². The van der Waals surface area contributed by atoms with Crippen LogP contribution in [0.25, 0.3) is 5.69 Å². The number of nitrogens with zero attached hydrogens (tertiary/aromatic N) is 4. The molecule has 180 valence electrons. The molecule has 3 aromatic rings. The lowest BCUT2D eigenvalue weighted by Gasteiger charge is -2.37. The van der Waals surface area contributed by atoms with Crippen LogP contribution in [0.5, 0.6) is 5.75 Å². The monoisotopic (exact) mass is 482 g/mol. The summed E-state index contributed by atoms with van der Waals surface area (Å²) in [5.41, 5.74) is 1.50. The number of aromatic nitrogens is 3. The number of hydrogen-bond acceptors (Lipinski definition) is 7. The zero-order valence-electron chi connectivity index (χ0n) is 19.7. The zero-order valence-corrected chi connectivity index (χ0v) is 20.5. The molecule has 2 atom stereocenters. The highest BCUT2D eigenvalue weighted by molar-refractivity contribution is 7.90. The van der Waals surface area contributed by atoms with Crippen LogP contribution < -0.4 is 15.2 Å². The van der Waals surface area contributed by atoms with E-state index < -0.39 is 9.84 Å². The second-order valence-electron chi connectivity index (χ2n) is 8.78. The predicted molar refractivity (Wildman–Crippen MR) is 132 cm³/mol. The molecule has 0 aliphatic carbocycles. The van der Waals surface area contributed by atoms with E-state index in [0.717, 1.165) is 50.0 Å². The molecule has 2 aromatic heterocycles. The van der Waals surface area contributed by atoms with E-state index in [1.54, 1.807) is 24.4 Å². The van der Waals surface area contributed by atoms with Gasteiger partial charge in [0.05, 0.1) is 4.90 Å². The maximum Gasteiger partial charge on any atom is 0.258 e. The maximum atomic E-state index is 12.7. The predicted octanol–water partition coefficient (Wildman–Crippen LogP) is 3.42. The first-order valence-corrected chi connectivity index (χ1v) is 13.4. The fourth-order valence-corrected chi connectivity index (χ4v) is 4.87. The summed E-state index contributed by atoms with van der Waals surface area (Å²) in [4.78, 5) is 24.2. The van der Waals surface area contributed by atoms with Crippen molar-refractivity contribution in [1.29, 1.82) is 0 Å². The van der Waals surface area contributed by atoms with Gasteiger partial charge in [-0.2, -0.15) is 0 Å². The molecule has 1 aliphatic rings. The van der Waals surface area contributed by atoms with Crippen molar-refractivity contribution in [3.8, 4) is 11.4 Å². The molecule has 0 radical (unpaired) electrons. The number of hydrogen-bond donors (Lipinski definition) is 0. The Balaban J connectivity index is 1.40. The second kappa shape index (κ2) is 9.97. The molecule has 34 heavy (non-hydrogen) atoms. The summed E-state index contributed by atoms with van der Waals surface area (Å²) in [5.74, 6) is 1.27. The molecule has 3 heterocycles. The van der Waals surface area contributed by atoms with Crippen LogP contribution in [0.3, 0.4) is 0 Å². The van der Waals surface area contributed by atoms with E-state index >= 15 is 0 Å². The Labute approximate surface area is 200 Å². The number of anilines is 1. The normalized spacial score (nSPS) is 18.6. The topological polar surface area (TPSA) is 94.4 Å². The number of benzene rings is 1. The van der Waals surface area contributed by atoms with Crippen LogP contribution in [0, 0.1) is 0 Å². The van der Waals surface area contributed by atoms with Crippen molar-refractivity contribution in [2.75, 3.05) is 17.7 Å². The molecule has 0 saturated carbocycles. The van der Waals surface area contributed by atoms with Crippen molar-refractivity contribution in [3.63, 3.8) is 0 Å². The fraction of sp³-hybridized carbons (Fsp3) is 0.400. The number of sulfone groups is 1. The molecule has 0 unspecified atom stereocenters. The minimum atomic E-state index is -3.28. The highest BCUT2D eigenvalue weighted by atomic mass is 32.2. The van der Waals surface area contributed by atoms with Gasteiger partial charge >= 0.3 is 0 Å². The van der Waals surface area contributed by atoms with Crippen LogP contribution in [0.2, 0.25) is 0 Å². The molecule has 9 heteroatoms. The first kappa shape index (κ1) is 23.9. The van der Waals surface area contributed by atoms with E-state index in [1.807, 2.05) is 12.4 Å². The van der Waals surface area contributed by atoms with Crippen LogP contribution in [-0.4, -0.2) is 47.9 Å². The third-order valence-electron chi connectivity index (χ3n) is 6.05. The maximum absolute atomic E-state index is 12.7. The summed E-state index contributed by atoms with van der Waals surface area (Å²) in [6, 6.07) is 9.68. The SMILES string of the molecule is CCCc1cnc(N2CC[C@H](Oc3ccn(-c4ccc(S(C)(=O)=O)cc4)c(=O)c3)C[C@H]2C)nc1. The van der Waals surface area contributed by atoms with E-state index in [4.69, 9.17) is 4.74 Å². The van der Waals surface area contributed by atoms with Crippen molar-refractivity contribution in [2.45, 2.75) is 56.6 Å². The average molecular weight is 483 g/mol. The van der Waals surface area contributed by atoms with Gasteiger partial charge in [0.15, 0.2) is 9.84 Å². The first-order valence-electron chi connectivity index (χ1n) is 11.5. The zero-order chi connectivity index (χ0) is 24.3. The van der Waals surface area contributed by atoms with Crippen molar-refractivity contribution in [2.24, 2.45) is 0 Å². The third-order valence-corrected chi connectivity index (χ3v) is 7.18. The van der Waals surface area contributed by atoms with Crippen molar-refractivity contribution in [1.82, 2.24) is 14.5 Å². The standard InChI is InChI=1S/C25H30N4O4S/c1-4-5-19-16-26-25(27-17-19)28-12-10-21(14-18(28)2)33-22-11-13-29(24(30)15-22)20-6-8-23(9-7-20)34(3,31)32/h6-9,11,13,15-18,21H,4-5,10,12,14H2,1-3H3/t18-,21+/m1/s1. The number of aryl methyl sites for hydroxylation is 1. The highest BCUT2D eigenvalue weighted by Gasteiger charge is 2.28. The van der Waals surface area contributed by atoms with Crippen LogP contribution >= 0.6 is 0 Å². The smallest absolute Gasteiger partial charge is 0.258 e. The number of rotatable bonds is 7. The second-order valence-corrected chi connectivity index (χ2v) is 10.8. The molecule has 0 bridgehead atoms. The van der Waals surface area contributed by atoms with Gasteiger partial charge in [-0.1, -0.05) is 13.3 Å². The molecule has 4 rings (SSSR count). The summed E-state index contributed by atoms with van der Waals surface area (Å²) in [7, 11) is -3.28. The Morgan fingerprint density at radius 2 is 1.82 bits per heavy atom. The average Bonchev–Trinajstić information content (AvgIpc) is 2.80. The van der Waals surface area contributed by atoms with Gasteiger partial charge in [-0.15, -0.1) is 0 Å². The third kappa shape index (κ3) is 5.47. The van der Waals surface area contributed by atoms with E-state index in [-0.39, 0.29) is 22.6 Å². The summed E-state index contributed by atoms with van der Waals surface area (Å²) in [5, 5.41) is 0. The summed E-state index contributed by atoms with van der Waals surface area (Å²) in [6.45, 7) is 5.06. The highest BCUT2D eigenvalue weighted by Crippen LogP contribution is 2.25. The van der Waals surface area contributed by atoms with Crippen molar-refractivity contribution < 1.29 is 13.2 Å². The van der Waals surface area contributed by atoms with Crippen molar-refractivity contribution >= 4 is 15.8 Å². The van der Waals surface area contributed by atoms with E-state index in [1.165, 1.54) is 22.8 Å². The quantitative estimate of drug-likeness (QED) is 0.509. The lowest BCUT2D eigenvalue weighted by molar-refractivity contribution is 0.155. The molecule has 1 saturated heterocycles. The minimum Gasteiger partial charge on any atom is -0.490 e. The van der Waals surface area contributed by atoms with Gasteiger partial charge in [-0.25, -0.2) is 18.4 Å². The van der Waals surface area contributed by atoms with E-state index in [0.29, 0.717) is 11.4 Å². The Hall–Kier alpha value is -3.20. The number of pyridine rings is 1. The van der Waals surface area contributed by atoms with Gasteiger partial charge in [0.25, 0.3) is 5.56 Å². The van der Waals surface area contributed by atoms with Gasteiger partial charge in [-0.05, 0) is 49.2 Å². The van der Waals surface area contributed by atoms with E-state index in [2.05, 4.69) is 28.7 Å². The van der Waals surface area contributed by atoms with Crippen LogP contribution in [0.4, 0.5) is 5.95 Å². The van der Waals surface area contributed by atoms with Crippen LogP contribution in [-0.2, 0) is 16.3 Å². The first-order chi connectivity index (χ1) is 16.2. The Morgan fingerprint density at radius 1 is 1.12 bits per heavy atom. The summed E-state index contributed by atoms with van der Waals surface area (Å²) >= 11 is 0. The Kier molecular flexibility index (Phi) is 7.02. The lowest BCUT2D eigenvalue weighted by Crippen LogP contribution is -2.45. The fourth-order valence-electron chi connectivity index (χ4n) is 4.24. The number of ether oxygens (including phenoxy) is 1. The van der Waals surface area contributed by atoms with Crippen LogP contribution in [0.1, 0.15) is 38.7 Å². The van der Waals surface area contributed by atoms with E-state index in [9.17, 15) is 13.2 Å². The summed E-state index contributed by atoms with van der Waals surface area (Å²) < 4.78 is 30.9. The molecule has 0 N–H and O–H groups in total.